The lowest BCUT2D eigenvalue weighted by Gasteiger charge is -1.93. The average molecular weight is 227 g/mol. The van der Waals surface area contributed by atoms with Gasteiger partial charge in [0.05, 0.1) is 0 Å². The van der Waals surface area contributed by atoms with Crippen LogP contribution in [-0.4, -0.2) is 18.6 Å². The first kappa shape index (κ1) is 9.42. The van der Waals surface area contributed by atoms with Crippen LogP contribution in [0.2, 0.25) is 0 Å². The van der Waals surface area contributed by atoms with E-state index in [1.807, 2.05) is 25.4 Å². The van der Waals surface area contributed by atoms with Crippen molar-refractivity contribution in [2.24, 2.45) is 0 Å². The fourth-order valence-corrected chi connectivity index (χ4v) is 1.21. The number of nitrogens with zero attached hydrogens (tertiary/aromatic N) is 1. The quantitative estimate of drug-likeness (QED) is 0.854. The molecule has 2 nitrogen and oxygen atoms in total. The van der Waals surface area contributed by atoms with Gasteiger partial charge in [-0.3, -0.25) is 4.98 Å². The average Bonchev–Trinajstić information content (AvgIpc) is 2.05. The molecule has 1 N–H and O–H groups in total. The van der Waals surface area contributed by atoms with E-state index in [1.165, 1.54) is 0 Å². The van der Waals surface area contributed by atoms with Gasteiger partial charge in [-0.2, -0.15) is 0 Å². The maximum absolute atomic E-state index is 4.04. The molecule has 0 saturated heterocycles. The molecule has 1 heterocycles. The van der Waals surface area contributed by atoms with Gasteiger partial charge in [-0.25, -0.2) is 0 Å². The summed E-state index contributed by atoms with van der Waals surface area (Å²) >= 11 is 3.36. The van der Waals surface area contributed by atoms with E-state index < -0.39 is 0 Å². The monoisotopic (exact) mass is 226 g/mol. The van der Waals surface area contributed by atoms with Gasteiger partial charge < -0.3 is 5.32 Å². The number of halogens is 1. The van der Waals surface area contributed by atoms with E-state index in [4.69, 9.17) is 0 Å². The van der Waals surface area contributed by atoms with Gasteiger partial charge in [0.2, 0.25) is 0 Å². The Balaban J connectivity index is 2.63. The molecule has 1 rings (SSSR count). The third-order valence-corrected chi connectivity index (χ3v) is 1.79. The molecule has 12 heavy (non-hydrogen) atoms. The van der Waals surface area contributed by atoms with Gasteiger partial charge in [-0.15, -0.1) is 0 Å². The molecule has 0 unspecified atom stereocenters. The van der Waals surface area contributed by atoms with Crippen molar-refractivity contribution in [3.63, 3.8) is 0 Å². The molecule has 0 amide bonds. The lowest BCUT2D eigenvalue weighted by Crippen LogP contribution is -2.03. The van der Waals surface area contributed by atoms with E-state index in [-0.39, 0.29) is 0 Å². The topological polar surface area (TPSA) is 24.9 Å². The van der Waals surface area contributed by atoms with Crippen LogP contribution in [0.15, 0.2) is 29.0 Å². The van der Waals surface area contributed by atoms with Crippen LogP contribution < -0.4 is 5.32 Å². The summed E-state index contributed by atoms with van der Waals surface area (Å²) in [4.78, 5) is 4.04. The van der Waals surface area contributed by atoms with Gasteiger partial charge >= 0.3 is 0 Å². The third kappa shape index (κ3) is 3.15. The van der Waals surface area contributed by atoms with Crippen molar-refractivity contribution < 1.29 is 0 Å². The first-order chi connectivity index (χ1) is 5.83. The van der Waals surface area contributed by atoms with Crippen molar-refractivity contribution in [3.8, 4) is 0 Å². The zero-order valence-corrected chi connectivity index (χ0v) is 8.51. The summed E-state index contributed by atoms with van der Waals surface area (Å²) in [6.07, 6.45) is 7.70. The number of hydrogen-bond donors (Lipinski definition) is 1. The Hall–Kier alpha value is -0.670. The molecule has 0 atom stereocenters. The van der Waals surface area contributed by atoms with Gasteiger partial charge in [0.1, 0.15) is 0 Å². The molecule has 0 bridgehead atoms. The van der Waals surface area contributed by atoms with Crippen LogP contribution in [0.25, 0.3) is 6.08 Å². The van der Waals surface area contributed by atoms with Crippen LogP contribution in [0, 0.1) is 0 Å². The summed E-state index contributed by atoms with van der Waals surface area (Å²) in [5.41, 5.74) is 1.11. The number of pyridine rings is 1. The van der Waals surface area contributed by atoms with Crippen LogP contribution >= 0.6 is 15.9 Å². The smallest absolute Gasteiger partial charge is 0.0410 e. The highest BCUT2D eigenvalue weighted by atomic mass is 79.9. The van der Waals surface area contributed by atoms with Gasteiger partial charge in [0.15, 0.2) is 0 Å². The predicted molar refractivity (Wildman–Crippen MR) is 54.9 cm³/mol. The van der Waals surface area contributed by atoms with Crippen LogP contribution in [0.4, 0.5) is 0 Å². The van der Waals surface area contributed by atoms with Gasteiger partial charge in [0.25, 0.3) is 0 Å². The minimum Gasteiger partial charge on any atom is -0.316 e. The van der Waals surface area contributed by atoms with Crippen molar-refractivity contribution in [1.29, 1.82) is 0 Å². The molecule has 3 heteroatoms. The maximum atomic E-state index is 4.04. The molecular formula is C9H11BrN2. The first-order valence-corrected chi connectivity index (χ1v) is 4.54. The largest absolute Gasteiger partial charge is 0.316 e. The molecule has 1 aromatic heterocycles. The predicted octanol–water partition coefficient (Wildman–Crippen LogP) is 2.08. The van der Waals surface area contributed by atoms with E-state index in [1.54, 1.807) is 6.20 Å². The summed E-state index contributed by atoms with van der Waals surface area (Å²) in [7, 11) is 1.92. The van der Waals surface area contributed by atoms with Crippen LogP contribution in [0.1, 0.15) is 5.56 Å². The summed E-state index contributed by atoms with van der Waals surface area (Å²) in [5.74, 6) is 0. The van der Waals surface area contributed by atoms with Crippen LogP contribution in [-0.2, 0) is 0 Å². The lowest BCUT2D eigenvalue weighted by atomic mass is 10.2. The van der Waals surface area contributed by atoms with Crippen molar-refractivity contribution in [2.45, 2.75) is 0 Å². The number of rotatable bonds is 3. The molecule has 0 radical (unpaired) electrons. The van der Waals surface area contributed by atoms with Gasteiger partial charge in [-0.1, -0.05) is 12.2 Å². The van der Waals surface area contributed by atoms with E-state index in [0.29, 0.717) is 0 Å². The molecule has 0 aromatic carbocycles. The van der Waals surface area contributed by atoms with Crippen LogP contribution in [0.3, 0.4) is 0 Å². The van der Waals surface area contributed by atoms with Crippen molar-refractivity contribution >= 4 is 22.0 Å². The second-order valence-electron chi connectivity index (χ2n) is 2.40. The number of hydrogen-bond acceptors (Lipinski definition) is 2. The van der Waals surface area contributed by atoms with Crippen molar-refractivity contribution in [2.75, 3.05) is 13.6 Å². The zero-order chi connectivity index (χ0) is 8.81. The highest BCUT2D eigenvalue weighted by Gasteiger charge is 1.88. The highest BCUT2D eigenvalue weighted by molar-refractivity contribution is 9.10. The Kier molecular flexibility index (Phi) is 3.97. The maximum Gasteiger partial charge on any atom is 0.0410 e. The molecule has 1 aromatic rings. The molecular weight excluding hydrogens is 216 g/mol. The first-order valence-electron chi connectivity index (χ1n) is 3.74. The Morgan fingerprint density at radius 1 is 1.58 bits per heavy atom. The molecule has 64 valence electrons. The Labute approximate surface area is 80.8 Å². The molecule has 0 fully saturated rings. The summed E-state index contributed by atoms with van der Waals surface area (Å²) in [5, 5.41) is 3.03. The molecule has 0 aliphatic heterocycles. The number of nitrogens with one attached hydrogen (secondary N) is 1. The SMILES string of the molecule is CNC/C=C/c1cncc(Br)c1. The van der Waals surface area contributed by atoms with Gasteiger partial charge in [0, 0.05) is 23.4 Å². The zero-order valence-electron chi connectivity index (χ0n) is 6.92. The van der Waals surface area contributed by atoms with Crippen molar-refractivity contribution in [1.82, 2.24) is 10.3 Å². The molecule has 0 aliphatic rings. The lowest BCUT2D eigenvalue weighted by molar-refractivity contribution is 0.922. The van der Waals surface area contributed by atoms with Gasteiger partial charge in [-0.05, 0) is 34.6 Å². The van der Waals surface area contributed by atoms with E-state index in [2.05, 4.69) is 32.3 Å². The summed E-state index contributed by atoms with van der Waals surface area (Å²) < 4.78 is 1.01. The second-order valence-corrected chi connectivity index (χ2v) is 3.31. The summed E-state index contributed by atoms with van der Waals surface area (Å²) in [6, 6.07) is 2.03. The Bertz CT molecular complexity index is 271. The number of likely N-dealkylation sites (N-methyl/N-ethyl adjacent to an activating group) is 1. The van der Waals surface area contributed by atoms with E-state index in [0.717, 1.165) is 16.6 Å². The minimum atomic E-state index is 0.881. The molecule has 0 spiro atoms. The van der Waals surface area contributed by atoms with Crippen molar-refractivity contribution in [3.05, 3.63) is 34.6 Å². The summed E-state index contributed by atoms with van der Waals surface area (Å²) in [6.45, 7) is 0.881. The Morgan fingerprint density at radius 3 is 3.08 bits per heavy atom. The second kappa shape index (κ2) is 5.06. The fraction of sp³-hybridized carbons (Fsp3) is 0.222. The normalized spacial score (nSPS) is 10.8. The minimum absolute atomic E-state index is 0.881. The Morgan fingerprint density at radius 2 is 2.42 bits per heavy atom. The van der Waals surface area contributed by atoms with Crippen LogP contribution in [0.5, 0.6) is 0 Å². The highest BCUT2D eigenvalue weighted by Crippen LogP contribution is 2.10. The fourth-order valence-electron chi connectivity index (χ4n) is 0.832. The standard InChI is InChI=1S/C9H11BrN2/c1-11-4-2-3-8-5-9(10)7-12-6-8/h2-3,5-7,11H,4H2,1H3/b3-2+. The number of aromatic nitrogens is 1. The van der Waals surface area contributed by atoms with E-state index >= 15 is 0 Å². The third-order valence-electron chi connectivity index (χ3n) is 1.36. The van der Waals surface area contributed by atoms with E-state index in [9.17, 15) is 0 Å². The molecule has 0 saturated carbocycles. The molecule has 0 aliphatic carbocycles.